The first-order valence-electron chi connectivity index (χ1n) is 6.62. The largest absolute Gasteiger partial charge is 0.384 e. The number of para-hydroxylation sites is 1. The Balaban J connectivity index is 2.06. The van der Waals surface area contributed by atoms with Crippen LogP contribution in [0.2, 0.25) is 0 Å². The molecule has 3 nitrogen and oxygen atoms in total. The molecule has 2 aromatic carbocycles. The Morgan fingerprint density at radius 2 is 1.81 bits per heavy atom. The van der Waals surface area contributed by atoms with Gasteiger partial charge in [0.25, 0.3) is 0 Å². The van der Waals surface area contributed by atoms with Gasteiger partial charge in [0, 0.05) is 15.8 Å². The van der Waals surface area contributed by atoms with Crippen molar-refractivity contribution in [2.45, 2.75) is 16.8 Å². The second-order valence-electron chi connectivity index (χ2n) is 4.85. The predicted octanol–water partition coefficient (Wildman–Crippen LogP) is 3.98. The van der Waals surface area contributed by atoms with Gasteiger partial charge in [-0.2, -0.15) is 0 Å². The maximum Gasteiger partial charge on any atom is 0.123 e. The van der Waals surface area contributed by atoms with Crippen molar-refractivity contribution in [3.8, 4) is 0 Å². The molecule has 0 aliphatic carbocycles. The number of nitrogens with zero attached hydrogens (tertiary/aromatic N) is 1. The van der Waals surface area contributed by atoms with Crippen molar-refractivity contribution in [3.63, 3.8) is 0 Å². The van der Waals surface area contributed by atoms with Crippen LogP contribution in [0.1, 0.15) is 11.1 Å². The van der Waals surface area contributed by atoms with E-state index in [1.165, 1.54) is 5.56 Å². The van der Waals surface area contributed by atoms with Gasteiger partial charge in [-0.05, 0) is 31.2 Å². The van der Waals surface area contributed by atoms with Crippen LogP contribution in [0.15, 0.2) is 64.5 Å². The van der Waals surface area contributed by atoms with Gasteiger partial charge >= 0.3 is 0 Å². The van der Waals surface area contributed by atoms with Crippen molar-refractivity contribution >= 4 is 28.5 Å². The lowest BCUT2D eigenvalue weighted by molar-refractivity contribution is 1.18. The first-order valence-corrected chi connectivity index (χ1v) is 7.44. The summed E-state index contributed by atoms with van der Waals surface area (Å²) in [6.45, 7) is 2.07. The molecule has 0 saturated heterocycles. The van der Waals surface area contributed by atoms with E-state index in [-0.39, 0.29) is 5.84 Å². The van der Waals surface area contributed by atoms with Gasteiger partial charge in [-0.25, -0.2) is 4.98 Å². The zero-order valence-corrected chi connectivity index (χ0v) is 12.4. The number of nitrogens with one attached hydrogen (secondary N) is 1. The molecule has 0 aliphatic heterocycles. The zero-order valence-electron chi connectivity index (χ0n) is 11.6. The van der Waals surface area contributed by atoms with Gasteiger partial charge in [0.2, 0.25) is 0 Å². The van der Waals surface area contributed by atoms with Crippen LogP contribution in [-0.2, 0) is 0 Å². The van der Waals surface area contributed by atoms with E-state index in [0.717, 1.165) is 26.4 Å². The summed E-state index contributed by atoms with van der Waals surface area (Å²) in [5.74, 6) is 0.0688. The van der Waals surface area contributed by atoms with Gasteiger partial charge in [0.05, 0.1) is 5.52 Å². The number of fused-ring (bicyclic) bond motifs is 1. The minimum absolute atomic E-state index is 0.0688. The van der Waals surface area contributed by atoms with Crippen molar-refractivity contribution in [1.29, 1.82) is 5.41 Å². The molecule has 4 heteroatoms. The SMILES string of the molecule is Cc1ccc(Sc2cc(C(=N)N)c3ccccc3n2)cc1. The molecule has 0 saturated carbocycles. The maximum absolute atomic E-state index is 7.76. The quantitative estimate of drug-likeness (QED) is 0.567. The molecule has 3 aromatic rings. The minimum atomic E-state index is 0.0688. The number of aromatic nitrogens is 1. The summed E-state index contributed by atoms with van der Waals surface area (Å²) in [6, 6.07) is 18.0. The van der Waals surface area contributed by atoms with Crippen molar-refractivity contribution in [2.24, 2.45) is 5.73 Å². The molecule has 104 valence electrons. The number of nitrogens with two attached hydrogens (primary N) is 1. The number of aryl methyl sites for hydroxylation is 1. The fourth-order valence-electron chi connectivity index (χ4n) is 2.15. The van der Waals surface area contributed by atoms with Crippen LogP contribution in [0.3, 0.4) is 0 Å². The second kappa shape index (κ2) is 5.58. The maximum atomic E-state index is 7.76. The van der Waals surface area contributed by atoms with Crippen LogP contribution in [0.4, 0.5) is 0 Å². The molecule has 1 aromatic heterocycles. The highest BCUT2D eigenvalue weighted by atomic mass is 32.2. The second-order valence-corrected chi connectivity index (χ2v) is 5.95. The molecule has 0 spiro atoms. The Kier molecular flexibility index (Phi) is 3.62. The third-order valence-electron chi connectivity index (χ3n) is 3.23. The van der Waals surface area contributed by atoms with E-state index in [4.69, 9.17) is 11.1 Å². The topological polar surface area (TPSA) is 62.8 Å². The third kappa shape index (κ3) is 2.90. The van der Waals surface area contributed by atoms with E-state index in [2.05, 4.69) is 36.2 Å². The zero-order chi connectivity index (χ0) is 14.8. The molecular weight excluding hydrogens is 278 g/mol. The Morgan fingerprint density at radius 1 is 1.10 bits per heavy atom. The van der Waals surface area contributed by atoms with Crippen LogP contribution in [0.25, 0.3) is 10.9 Å². The lowest BCUT2D eigenvalue weighted by atomic mass is 10.1. The van der Waals surface area contributed by atoms with E-state index in [0.29, 0.717) is 0 Å². The Morgan fingerprint density at radius 3 is 2.52 bits per heavy atom. The minimum Gasteiger partial charge on any atom is -0.384 e. The van der Waals surface area contributed by atoms with Crippen LogP contribution in [0.5, 0.6) is 0 Å². The number of benzene rings is 2. The predicted molar refractivity (Wildman–Crippen MR) is 88.1 cm³/mol. The van der Waals surface area contributed by atoms with Crippen LogP contribution in [-0.4, -0.2) is 10.8 Å². The molecule has 0 aliphatic rings. The van der Waals surface area contributed by atoms with Gasteiger partial charge in [-0.15, -0.1) is 0 Å². The van der Waals surface area contributed by atoms with Gasteiger partial charge < -0.3 is 5.73 Å². The van der Waals surface area contributed by atoms with E-state index >= 15 is 0 Å². The number of rotatable bonds is 3. The summed E-state index contributed by atoms with van der Waals surface area (Å²) in [5, 5.41) is 9.53. The van der Waals surface area contributed by atoms with Crippen molar-refractivity contribution in [1.82, 2.24) is 4.98 Å². The van der Waals surface area contributed by atoms with E-state index < -0.39 is 0 Å². The van der Waals surface area contributed by atoms with Gasteiger partial charge in [0.1, 0.15) is 10.9 Å². The fraction of sp³-hybridized carbons (Fsp3) is 0.0588. The van der Waals surface area contributed by atoms with Crippen molar-refractivity contribution < 1.29 is 0 Å². The summed E-state index contributed by atoms with van der Waals surface area (Å²) in [6.07, 6.45) is 0. The lowest BCUT2D eigenvalue weighted by Gasteiger charge is -2.08. The lowest BCUT2D eigenvalue weighted by Crippen LogP contribution is -2.12. The summed E-state index contributed by atoms with van der Waals surface area (Å²) in [5.41, 5.74) is 8.53. The Hall–Kier alpha value is -2.33. The number of nitrogen functional groups attached to an aromatic ring is 1. The van der Waals surface area contributed by atoms with Crippen molar-refractivity contribution in [3.05, 3.63) is 65.7 Å². The Labute approximate surface area is 127 Å². The third-order valence-corrected chi connectivity index (χ3v) is 4.15. The molecule has 1 heterocycles. The number of hydrogen-bond acceptors (Lipinski definition) is 3. The average molecular weight is 293 g/mol. The smallest absolute Gasteiger partial charge is 0.123 e. The molecule has 0 amide bonds. The average Bonchev–Trinajstić information content (AvgIpc) is 2.48. The standard InChI is InChI=1S/C17H15N3S/c1-11-6-8-12(9-7-11)21-16-10-14(17(18)19)13-4-2-3-5-15(13)20-16/h2-10H,1H3,(H3,18,19). The van der Waals surface area contributed by atoms with Crippen LogP contribution < -0.4 is 5.73 Å². The summed E-state index contributed by atoms with van der Waals surface area (Å²) in [4.78, 5) is 5.77. The normalized spacial score (nSPS) is 10.7. The molecular formula is C17H15N3S. The first-order chi connectivity index (χ1) is 10.1. The van der Waals surface area contributed by atoms with Crippen LogP contribution in [0, 0.1) is 12.3 Å². The molecule has 0 bridgehead atoms. The Bertz CT molecular complexity index is 810. The molecule has 21 heavy (non-hydrogen) atoms. The van der Waals surface area contributed by atoms with Gasteiger partial charge in [0.15, 0.2) is 0 Å². The van der Waals surface area contributed by atoms with E-state index in [1.54, 1.807) is 11.8 Å². The number of amidine groups is 1. The van der Waals surface area contributed by atoms with Crippen molar-refractivity contribution in [2.75, 3.05) is 0 Å². The van der Waals surface area contributed by atoms with E-state index in [1.807, 2.05) is 30.3 Å². The molecule has 0 unspecified atom stereocenters. The van der Waals surface area contributed by atoms with Gasteiger partial charge in [-0.1, -0.05) is 47.7 Å². The monoisotopic (exact) mass is 293 g/mol. The van der Waals surface area contributed by atoms with Crippen LogP contribution >= 0.6 is 11.8 Å². The highest BCUT2D eigenvalue weighted by Crippen LogP contribution is 2.29. The molecule has 3 N–H and O–H groups in total. The fourth-order valence-corrected chi connectivity index (χ4v) is 2.99. The summed E-state index contributed by atoms with van der Waals surface area (Å²) < 4.78 is 0. The summed E-state index contributed by atoms with van der Waals surface area (Å²) >= 11 is 1.58. The number of hydrogen-bond donors (Lipinski definition) is 2. The highest BCUT2D eigenvalue weighted by molar-refractivity contribution is 7.99. The molecule has 3 rings (SSSR count). The first kappa shape index (κ1) is 13.6. The molecule has 0 atom stereocenters. The number of pyridine rings is 1. The van der Waals surface area contributed by atoms with E-state index in [9.17, 15) is 0 Å². The summed E-state index contributed by atoms with van der Waals surface area (Å²) in [7, 11) is 0. The molecule has 0 fully saturated rings. The highest BCUT2D eigenvalue weighted by Gasteiger charge is 2.09. The van der Waals surface area contributed by atoms with Gasteiger partial charge in [-0.3, -0.25) is 5.41 Å². The molecule has 0 radical (unpaired) electrons.